The summed E-state index contributed by atoms with van der Waals surface area (Å²) < 4.78 is 5.28. The van der Waals surface area contributed by atoms with Gasteiger partial charge in [-0.2, -0.15) is 0 Å². The molecule has 1 heterocycles. The van der Waals surface area contributed by atoms with Gasteiger partial charge >= 0.3 is 0 Å². The molecule has 1 aliphatic rings. The van der Waals surface area contributed by atoms with E-state index < -0.39 is 0 Å². The molecule has 1 fully saturated rings. The third-order valence-electron chi connectivity index (χ3n) is 3.63. The summed E-state index contributed by atoms with van der Waals surface area (Å²) in [5, 5.41) is 3.04. The van der Waals surface area contributed by atoms with Crippen molar-refractivity contribution in [2.45, 2.75) is 51.1 Å². The molecule has 100 valence electrons. The van der Waals surface area contributed by atoms with Crippen LogP contribution in [-0.2, 0) is 11.2 Å². The van der Waals surface area contributed by atoms with E-state index in [9.17, 15) is 4.79 Å². The Bertz CT molecular complexity index is 375. The van der Waals surface area contributed by atoms with Gasteiger partial charge in [-0.3, -0.25) is 4.79 Å². The van der Waals surface area contributed by atoms with E-state index in [4.69, 9.17) is 10.2 Å². The lowest BCUT2D eigenvalue weighted by atomic mass is 9.84. The van der Waals surface area contributed by atoms with Crippen LogP contribution in [0.15, 0.2) is 22.8 Å². The highest BCUT2D eigenvalue weighted by Crippen LogP contribution is 2.23. The fraction of sp³-hybridized carbons (Fsp3) is 0.643. The quantitative estimate of drug-likeness (QED) is 0.856. The Kier molecular flexibility index (Phi) is 4.42. The highest BCUT2D eigenvalue weighted by molar-refractivity contribution is 5.79. The number of carbonyl (C=O) groups excluding carboxylic acids is 1. The molecule has 2 rings (SSSR count). The highest BCUT2D eigenvalue weighted by atomic mass is 16.3. The smallest absolute Gasteiger partial charge is 0.224 e. The van der Waals surface area contributed by atoms with Gasteiger partial charge in [0, 0.05) is 18.5 Å². The second kappa shape index (κ2) is 6.05. The number of furan rings is 1. The Morgan fingerprint density at radius 2 is 2.33 bits per heavy atom. The number of nitrogens with two attached hydrogens (primary N) is 1. The van der Waals surface area contributed by atoms with Crippen LogP contribution in [0.1, 0.15) is 38.4 Å². The fourth-order valence-corrected chi connectivity index (χ4v) is 2.62. The lowest BCUT2D eigenvalue weighted by Gasteiger charge is -2.28. The summed E-state index contributed by atoms with van der Waals surface area (Å²) in [5.41, 5.74) is 6.01. The van der Waals surface area contributed by atoms with Gasteiger partial charge in [0.25, 0.3) is 0 Å². The van der Waals surface area contributed by atoms with Gasteiger partial charge in [0.05, 0.1) is 12.2 Å². The number of hydrogen-bond acceptors (Lipinski definition) is 3. The number of hydrogen-bond donors (Lipinski definition) is 2. The molecule has 1 aromatic heterocycles. The number of nitrogens with one attached hydrogen (secondary N) is 1. The molecule has 3 atom stereocenters. The van der Waals surface area contributed by atoms with Gasteiger partial charge in [0.1, 0.15) is 5.76 Å². The molecular weight excluding hydrogens is 228 g/mol. The van der Waals surface area contributed by atoms with E-state index in [1.165, 1.54) is 0 Å². The molecule has 1 amide bonds. The van der Waals surface area contributed by atoms with E-state index in [0.717, 1.165) is 37.9 Å². The van der Waals surface area contributed by atoms with Crippen LogP contribution in [0.25, 0.3) is 0 Å². The Labute approximate surface area is 108 Å². The summed E-state index contributed by atoms with van der Waals surface area (Å²) in [7, 11) is 0. The van der Waals surface area contributed by atoms with E-state index in [1.807, 2.05) is 19.1 Å². The van der Waals surface area contributed by atoms with Crippen molar-refractivity contribution in [1.82, 2.24) is 5.32 Å². The van der Waals surface area contributed by atoms with Crippen LogP contribution in [-0.4, -0.2) is 18.0 Å². The summed E-state index contributed by atoms with van der Waals surface area (Å²) >= 11 is 0. The second-order valence-corrected chi connectivity index (χ2v) is 5.25. The first-order chi connectivity index (χ1) is 8.66. The number of carbonyl (C=O) groups is 1. The topological polar surface area (TPSA) is 68.3 Å². The Morgan fingerprint density at radius 3 is 3.00 bits per heavy atom. The van der Waals surface area contributed by atoms with Crippen LogP contribution < -0.4 is 11.1 Å². The summed E-state index contributed by atoms with van der Waals surface area (Å²) in [6.07, 6.45) is 6.51. The minimum atomic E-state index is -0.0159. The van der Waals surface area contributed by atoms with Gasteiger partial charge in [0.2, 0.25) is 5.91 Å². The molecular formula is C14H22N2O2. The van der Waals surface area contributed by atoms with Crippen LogP contribution >= 0.6 is 0 Å². The maximum absolute atomic E-state index is 12.1. The van der Waals surface area contributed by atoms with E-state index in [2.05, 4.69) is 5.32 Å². The van der Waals surface area contributed by atoms with E-state index in [-0.39, 0.29) is 23.9 Å². The zero-order valence-electron chi connectivity index (χ0n) is 10.9. The zero-order valence-corrected chi connectivity index (χ0v) is 10.9. The second-order valence-electron chi connectivity index (χ2n) is 5.25. The minimum Gasteiger partial charge on any atom is -0.469 e. The monoisotopic (exact) mass is 250 g/mol. The largest absolute Gasteiger partial charge is 0.469 e. The number of rotatable bonds is 4. The standard InChI is InChI=1S/C14H22N2O2/c1-10(9-11-5-4-8-18-11)16-14(17)12-6-2-3-7-13(12)15/h4-5,8,10,12-13H,2-3,6-7,9,15H2,1H3,(H,16,17). The third kappa shape index (κ3) is 3.35. The van der Waals surface area contributed by atoms with Crippen molar-refractivity contribution in [3.05, 3.63) is 24.2 Å². The summed E-state index contributed by atoms with van der Waals surface area (Å²) in [4.78, 5) is 12.1. The molecule has 0 radical (unpaired) electrons. The molecule has 1 saturated carbocycles. The fourth-order valence-electron chi connectivity index (χ4n) is 2.62. The van der Waals surface area contributed by atoms with Gasteiger partial charge < -0.3 is 15.5 Å². The molecule has 0 aliphatic heterocycles. The van der Waals surface area contributed by atoms with Gasteiger partial charge in [-0.25, -0.2) is 0 Å². The van der Waals surface area contributed by atoms with Crippen molar-refractivity contribution < 1.29 is 9.21 Å². The molecule has 4 nitrogen and oxygen atoms in total. The molecule has 1 aromatic rings. The predicted molar refractivity (Wildman–Crippen MR) is 70.0 cm³/mol. The Morgan fingerprint density at radius 1 is 1.56 bits per heavy atom. The molecule has 0 aromatic carbocycles. The minimum absolute atomic E-state index is 0.0159. The molecule has 1 aliphatic carbocycles. The summed E-state index contributed by atoms with van der Waals surface area (Å²) in [6.45, 7) is 1.99. The maximum Gasteiger partial charge on any atom is 0.224 e. The average molecular weight is 250 g/mol. The van der Waals surface area contributed by atoms with Crippen molar-refractivity contribution in [2.24, 2.45) is 11.7 Å². The van der Waals surface area contributed by atoms with Gasteiger partial charge in [0.15, 0.2) is 0 Å². The first-order valence-corrected chi connectivity index (χ1v) is 6.75. The normalized spacial score (nSPS) is 25.7. The van der Waals surface area contributed by atoms with Crippen LogP contribution in [0.4, 0.5) is 0 Å². The molecule has 18 heavy (non-hydrogen) atoms. The van der Waals surface area contributed by atoms with Crippen LogP contribution in [0.3, 0.4) is 0 Å². The molecule has 3 N–H and O–H groups in total. The lowest BCUT2D eigenvalue weighted by molar-refractivity contribution is -0.127. The summed E-state index contributed by atoms with van der Waals surface area (Å²) in [6, 6.07) is 3.89. The van der Waals surface area contributed by atoms with E-state index in [1.54, 1.807) is 6.26 Å². The van der Waals surface area contributed by atoms with Crippen LogP contribution in [0.5, 0.6) is 0 Å². The molecule has 0 spiro atoms. The molecule has 4 heteroatoms. The van der Waals surface area contributed by atoms with E-state index >= 15 is 0 Å². The maximum atomic E-state index is 12.1. The third-order valence-corrected chi connectivity index (χ3v) is 3.63. The van der Waals surface area contributed by atoms with Gasteiger partial charge in [-0.05, 0) is 31.9 Å². The molecule has 0 bridgehead atoms. The van der Waals surface area contributed by atoms with Crippen molar-refractivity contribution in [3.8, 4) is 0 Å². The Balaban J connectivity index is 1.82. The highest BCUT2D eigenvalue weighted by Gasteiger charge is 2.28. The zero-order chi connectivity index (χ0) is 13.0. The molecule has 0 saturated heterocycles. The first-order valence-electron chi connectivity index (χ1n) is 6.75. The van der Waals surface area contributed by atoms with Gasteiger partial charge in [-0.1, -0.05) is 12.8 Å². The summed E-state index contributed by atoms with van der Waals surface area (Å²) in [5.74, 6) is 0.981. The average Bonchev–Trinajstić information content (AvgIpc) is 2.82. The van der Waals surface area contributed by atoms with Crippen molar-refractivity contribution >= 4 is 5.91 Å². The molecule has 3 unspecified atom stereocenters. The van der Waals surface area contributed by atoms with Gasteiger partial charge in [-0.15, -0.1) is 0 Å². The Hall–Kier alpha value is -1.29. The van der Waals surface area contributed by atoms with Crippen molar-refractivity contribution in [2.75, 3.05) is 0 Å². The van der Waals surface area contributed by atoms with E-state index in [0.29, 0.717) is 0 Å². The lowest BCUT2D eigenvalue weighted by Crippen LogP contribution is -2.46. The van der Waals surface area contributed by atoms with Crippen LogP contribution in [0.2, 0.25) is 0 Å². The SMILES string of the molecule is CC(Cc1ccco1)NC(=O)C1CCCCC1N. The first kappa shape index (κ1) is 13.1. The van der Waals surface area contributed by atoms with Crippen molar-refractivity contribution in [3.63, 3.8) is 0 Å². The van der Waals surface area contributed by atoms with Crippen molar-refractivity contribution in [1.29, 1.82) is 0 Å². The van der Waals surface area contributed by atoms with Crippen LogP contribution in [0, 0.1) is 5.92 Å². The predicted octanol–water partition coefficient (Wildman–Crippen LogP) is 1.84. The number of amides is 1.